The minimum Gasteiger partial charge on any atom is -0.301 e. The molecule has 0 unspecified atom stereocenters. The first-order chi connectivity index (χ1) is 4.86. The summed E-state index contributed by atoms with van der Waals surface area (Å²) in [5.74, 6) is 0. The second-order valence-electron chi connectivity index (χ2n) is 1.75. The fourth-order valence-corrected chi connectivity index (χ4v) is 0.618. The normalized spacial score (nSPS) is 9.20. The van der Waals surface area contributed by atoms with Gasteiger partial charge in [0.05, 0.1) is 6.54 Å². The van der Waals surface area contributed by atoms with Gasteiger partial charge in [0, 0.05) is 6.20 Å². The highest BCUT2D eigenvalue weighted by atomic mass is 16.1. The van der Waals surface area contributed by atoms with Gasteiger partial charge in [-0.3, -0.25) is 9.48 Å². The third kappa shape index (κ3) is 1.28. The van der Waals surface area contributed by atoms with Gasteiger partial charge < -0.3 is 4.79 Å². The summed E-state index contributed by atoms with van der Waals surface area (Å²) in [6.45, 7) is 0.202. The lowest BCUT2D eigenvalue weighted by atomic mass is 10.5. The van der Waals surface area contributed by atoms with Gasteiger partial charge >= 0.3 is 0 Å². The van der Waals surface area contributed by atoms with Crippen LogP contribution in [0.5, 0.6) is 0 Å². The van der Waals surface area contributed by atoms with Crippen molar-refractivity contribution < 1.29 is 9.59 Å². The third-order valence-electron chi connectivity index (χ3n) is 1.04. The molecule has 1 rings (SSSR count). The molecule has 0 spiro atoms. The van der Waals surface area contributed by atoms with Crippen LogP contribution in [0, 0.1) is 0 Å². The first-order valence-electron chi connectivity index (χ1n) is 2.79. The molecule has 0 amide bonds. The van der Waals surface area contributed by atoms with Crippen molar-refractivity contribution in [3.05, 3.63) is 18.0 Å². The predicted octanol–water partition coefficient (Wildman–Crippen LogP) is -0.105. The molecule has 0 aliphatic carbocycles. The Morgan fingerprint density at radius 2 is 2.40 bits per heavy atom. The molecule has 1 aromatic heterocycles. The summed E-state index contributed by atoms with van der Waals surface area (Å²) < 4.78 is 1.40. The topological polar surface area (TPSA) is 52.0 Å². The van der Waals surface area contributed by atoms with E-state index in [-0.39, 0.29) is 6.54 Å². The Hall–Kier alpha value is -1.45. The lowest BCUT2D eigenvalue weighted by molar-refractivity contribution is -0.108. The predicted molar refractivity (Wildman–Crippen MR) is 33.7 cm³/mol. The lowest BCUT2D eigenvalue weighted by Crippen LogP contribution is -1.99. The fourth-order valence-electron chi connectivity index (χ4n) is 0.618. The molecule has 0 saturated carbocycles. The standard InChI is InChI=1S/C6H6N2O2/c9-4-3-8-2-1-6(5-10)7-8/h1-2,4-5H,3H2. The van der Waals surface area contributed by atoms with Gasteiger partial charge in [-0.25, -0.2) is 0 Å². The Labute approximate surface area is 57.5 Å². The molecule has 0 saturated heterocycles. The average molecular weight is 138 g/mol. The van der Waals surface area contributed by atoms with Crippen molar-refractivity contribution in [1.82, 2.24) is 9.78 Å². The first kappa shape index (κ1) is 6.67. The maximum atomic E-state index is 10.1. The largest absolute Gasteiger partial charge is 0.301 e. The van der Waals surface area contributed by atoms with Crippen LogP contribution >= 0.6 is 0 Å². The molecule has 1 aromatic rings. The number of rotatable bonds is 3. The minimum atomic E-state index is 0.202. The van der Waals surface area contributed by atoms with E-state index in [0.29, 0.717) is 12.0 Å². The maximum Gasteiger partial charge on any atom is 0.170 e. The van der Waals surface area contributed by atoms with E-state index < -0.39 is 0 Å². The smallest absolute Gasteiger partial charge is 0.170 e. The second-order valence-corrected chi connectivity index (χ2v) is 1.75. The summed E-state index contributed by atoms with van der Waals surface area (Å²) in [5.41, 5.74) is 0.349. The zero-order valence-electron chi connectivity index (χ0n) is 5.23. The summed E-state index contributed by atoms with van der Waals surface area (Å²) in [6.07, 6.45) is 2.95. The van der Waals surface area contributed by atoms with E-state index in [1.54, 1.807) is 12.3 Å². The zero-order valence-corrected chi connectivity index (χ0v) is 5.23. The van der Waals surface area contributed by atoms with Gasteiger partial charge in [-0.05, 0) is 6.07 Å². The number of hydrogen-bond donors (Lipinski definition) is 0. The molecular formula is C6H6N2O2. The Balaban J connectivity index is 2.77. The van der Waals surface area contributed by atoms with Crippen LogP contribution in [0.15, 0.2) is 12.3 Å². The van der Waals surface area contributed by atoms with Crippen molar-refractivity contribution in [3.63, 3.8) is 0 Å². The number of carbonyl (C=O) groups excluding carboxylic acids is 2. The van der Waals surface area contributed by atoms with Crippen LogP contribution in [0.3, 0.4) is 0 Å². The van der Waals surface area contributed by atoms with E-state index in [1.807, 2.05) is 0 Å². The van der Waals surface area contributed by atoms with Crippen LogP contribution in [0.2, 0.25) is 0 Å². The van der Waals surface area contributed by atoms with E-state index in [4.69, 9.17) is 0 Å². The van der Waals surface area contributed by atoms with Crippen LogP contribution in [-0.2, 0) is 11.3 Å². The second kappa shape index (κ2) is 2.91. The van der Waals surface area contributed by atoms with Crippen molar-refractivity contribution in [1.29, 1.82) is 0 Å². The quantitative estimate of drug-likeness (QED) is 0.548. The van der Waals surface area contributed by atoms with Crippen LogP contribution in [0.4, 0.5) is 0 Å². The molecule has 0 aromatic carbocycles. The third-order valence-corrected chi connectivity index (χ3v) is 1.04. The van der Waals surface area contributed by atoms with E-state index in [9.17, 15) is 9.59 Å². The van der Waals surface area contributed by atoms with Crippen molar-refractivity contribution in [3.8, 4) is 0 Å². The number of carbonyl (C=O) groups is 2. The molecule has 0 bridgehead atoms. The molecule has 0 radical (unpaired) electrons. The Kier molecular flexibility index (Phi) is 1.94. The number of aromatic nitrogens is 2. The first-order valence-corrected chi connectivity index (χ1v) is 2.79. The van der Waals surface area contributed by atoms with Gasteiger partial charge in [0.15, 0.2) is 6.29 Å². The lowest BCUT2D eigenvalue weighted by Gasteiger charge is -1.88. The molecule has 0 N–H and O–H groups in total. The van der Waals surface area contributed by atoms with E-state index in [1.165, 1.54) is 4.68 Å². The van der Waals surface area contributed by atoms with E-state index >= 15 is 0 Å². The van der Waals surface area contributed by atoms with Gasteiger partial charge in [0.25, 0.3) is 0 Å². The van der Waals surface area contributed by atoms with Crippen LogP contribution < -0.4 is 0 Å². The highest BCUT2D eigenvalue weighted by Crippen LogP contribution is 1.89. The molecule has 0 aliphatic rings. The summed E-state index contributed by atoms with van der Waals surface area (Å²) in [4.78, 5) is 20.0. The van der Waals surface area contributed by atoms with E-state index in [0.717, 1.165) is 6.29 Å². The van der Waals surface area contributed by atoms with Gasteiger partial charge in [-0.15, -0.1) is 0 Å². The molecule has 4 heteroatoms. The molecule has 52 valence electrons. The number of aldehydes is 2. The van der Waals surface area contributed by atoms with Gasteiger partial charge in [-0.2, -0.15) is 5.10 Å². The monoisotopic (exact) mass is 138 g/mol. The summed E-state index contributed by atoms with van der Waals surface area (Å²) >= 11 is 0. The van der Waals surface area contributed by atoms with Gasteiger partial charge in [-0.1, -0.05) is 0 Å². The van der Waals surface area contributed by atoms with Gasteiger partial charge in [0.2, 0.25) is 0 Å². The summed E-state index contributed by atoms with van der Waals surface area (Å²) in [5, 5.41) is 3.74. The summed E-state index contributed by atoms with van der Waals surface area (Å²) in [7, 11) is 0. The molecule has 10 heavy (non-hydrogen) atoms. The fraction of sp³-hybridized carbons (Fsp3) is 0.167. The van der Waals surface area contributed by atoms with Crippen molar-refractivity contribution in [2.75, 3.05) is 0 Å². The van der Waals surface area contributed by atoms with Crippen molar-refractivity contribution >= 4 is 12.6 Å². The Bertz CT molecular complexity index is 242. The summed E-state index contributed by atoms with van der Waals surface area (Å²) in [6, 6.07) is 1.55. The van der Waals surface area contributed by atoms with Crippen LogP contribution in [0.1, 0.15) is 10.5 Å². The molecule has 1 heterocycles. The van der Waals surface area contributed by atoms with E-state index in [2.05, 4.69) is 5.10 Å². The molecule has 0 atom stereocenters. The Morgan fingerprint density at radius 3 is 2.90 bits per heavy atom. The van der Waals surface area contributed by atoms with Crippen LogP contribution in [0.25, 0.3) is 0 Å². The zero-order chi connectivity index (χ0) is 7.40. The molecule has 0 fully saturated rings. The molecular weight excluding hydrogens is 132 g/mol. The molecule has 0 aliphatic heterocycles. The highest BCUT2D eigenvalue weighted by molar-refractivity contribution is 5.71. The van der Waals surface area contributed by atoms with Crippen molar-refractivity contribution in [2.45, 2.75) is 6.54 Å². The molecule has 4 nitrogen and oxygen atoms in total. The highest BCUT2D eigenvalue weighted by Gasteiger charge is 1.93. The van der Waals surface area contributed by atoms with Gasteiger partial charge in [0.1, 0.15) is 12.0 Å². The number of hydrogen-bond acceptors (Lipinski definition) is 3. The van der Waals surface area contributed by atoms with Crippen molar-refractivity contribution in [2.24, 2.45) is 0 Å². The average Bonchev–Trinajstić information content (AvgIpc) is 2.37. The Morgan fingerprint density at radius 1 is 1.60 bits per heavy atom. The minimum absolute atomic E-state index is 0.202. The SMILES string of the molecule is O=CCn1ccc(C=O)n1. The number of nitrogens with zero attached hydrogens (tertiary/aromatic N) is 2. The maximum absolute atomic E-state index is 10.1. The van der Waals surface area contributed by atoms with Crippen LogP contribution in [-0.4, -0.2) is 22.4 Å².